The first-order valence-corrected chi connectivity index (χ1v) is 6.92. The predicted molar refractivity (Wildman–Crippen MR) is 84.9 cm³/mol. The lowest BCUT2D eigenvalue weighted by Gasteiger charge is -2.08. The number of aromatic amines is 1. The average Bonchev–Trinajstić information content (AvgIpc) is 2.49. The van der Waals surface area contributed by atoms with Crippen LogP contribution in [0.1, 0.15) is 27.2 Å². The topological polar surface area (TPSA) is 88.8 Å². The zero-order chi connectivity index (χ0) is 15.7. The molecule has 0 atom stereocenters. The molecule has 5 nitrogen and oxygen atoms in total. The Morgan fingerprint density at radius 3 is 2.73 bits per heavy atom. The number of aromatic nitrogens is 2. The van der Waals surface area contributed by atoms with Crippen molar-refractivity contribution in [3.05, 3.63) is 75.2 Å². The van der Waals surface area contributed by atoms with Crippen molar-refractivity contribution in [2.24, 2.45) is 5.73 Å². The maximum atomic E-state index is 12.0. The summed E-state index contributed by atoms with van der Waals surface area (Å²) < 4.78 is 0. The van der Waals surface area contributed by atoms with Crippen molar-refractivity contribution in [3.8, 4) is 0 Å². The van der Waals surface area contributed by atoms with Crippen LogP contribution in [0.25, 0.3) is 10.8 Å². The molecule has 0 saturated carbocycles. The number of carbonyl (C=O) groups is 1. The highest BCUT2D eigenvalue weighted by Crippen LogP contribution is 2.19. The summed E-state index contributed by atoms with van der Waals surface area (Å²) in [5.41, 5.74) is 8.12. The van der Waals surface area contributed by atoms with E-state index in [9.17, 15) is 9.59 Å². The van der Waals surface area contributed by atoms with E-state index in [1.807, 2.05) is 25.1 Å². The second-order valence-electron chi connectivity index (χ2n) is 5.26. The van der Waals surface area contributed by atoms with Gasteiger partial charge in [0.05, 0.1) is 16.6 Å². The number of benzene rings is 2. The molecular weight excluding hydrogens is 278 g/mol. The molecule has 0 saturated heterocycles. The van der Waals surface area contributed by atoms with Gasteiger partial charge in [0.15, 0.2) is 0 Å². The normalized spacial score (nSPS) is 10.8. The Bertz CT molecular complexity index is 929. The van der Waals surface area contributed by atoms with Crippen molar-refractivity contribution in [1.29, 1.82) is 0 Å². The molecule has 22 heavy (non-hydrogen) atoms. The van der Waals surface area contributed by atoms with Crippen LogP contribution >= 0.6 is 0 Å². The minimum Gasteiger partial charge on any atom is -0.366 e. The number of hydrogen-bond donors (Lipinski definition) is 2. The summed E-state index contributed by atoms with van der Waals surface area (Å²) in [5.74, 6) is -0.621. The minimum atomic E-state index is -0.621. The summed E-state index contributed by atoms with van der Waals surface area (Å²) in [7, 11) is 0. The van der Waals surface area contributed by atoms with Gasteiger partial charge in [-0.1, -0.05) is 42.0 Å². The molecule has 0 aliphatic heterocycles. The second-order valence-corrected chi connectivity index (χ2v) is 5.26. The van der Waals surface area contributed by atoms with Gasteiger partial charge in [0.1, 0.15) is 0 Å². The number of H-pyrrole nitrogens is 1. The van der Waals surface area contributed by atoms with E-state index >= 15 is 0 Å². The number of hydrogen-bond acceptors (Lipinski definition) is 3. The number of carbonyl (C=O) groups excluding carboxylic acids is 1. The van der Waals surface area contributed by atoms with E-state index in [0.29, 0.717) is 22.9 Å². The Morgan fingerprint density at radius 2 is 2.00 bits per heavy atom. The Labute approximate surface area is 126 Å². The summed E-state index contributed by atoms with van der Waals surface area (Å²) in [4.78, 5) is 23.6. The van der Waals surface area contributed by atoms with Crippen LogP contribution in [0.4, 0.5) is 0 Å². The zero-order valence-electron chi connectivity index (χ0n) is 12.1. The smallest absolute Gasteiger partial charge is 0.272 e. The Balaban J connectivity index is 2.19. The number of aryl methyl sites for hydroxylation is 1. The highest BCUT2D eigenvalue weighted by Gasteiger charge is 2.13. The monoisotopic (exact) mass is 293 g/mol. The highest BCUT2D eigenvalue weighted by molar-refractivity contribution is 6.06. The van der Waals surface area contributed by atoms with Crippen molar-refractivity contribution >= 4 is 16.7 Å². The first kappa shape index (κ1) is 14.0. The SMILES string of the molecule is Cc1cccc(Cc2n[nH]c(=O)c3c(C(N)=O)cccc23)c1. The maximum Gasteiger partial charge on any atom is 0.272 e. The van der Waals surface area contributed by atoms with Crippen LogP contribution in [0.2, 0.25) is 0 Å². The van der Waals surface area contributed by atoms with Crippen molar-refractivity contribution < 1.29 is 4.79 Å². The van der Waals surface area contributed by atoms with Gasteiger partial charge in [-0.25, -0.2) is 5.10 Å². The van der Waals surface area contributed by atoms with Crippen molar-refractivity contribution in [3.63, 3.8) is 0 Å². The van der Waals surface area contributed by atoms with Gasteiger partial charge in [0.25, 0.3) is 5.56 Å². The quantitative estimate of drug-likeness (QED) is 0.773. The van der Waals surface area contributed by atoms with E-state index in [2.05, 4.69) is 16.3 Å². The van der Waals surface area contributed by atoms with Gasteiger partial charge < -0.3 is 5.73 Å². The first-order chi connectivity index (χ1) is 10.6. The number of nitrogens with two attached hydrogens (primary N) is 1. The Hall–Kier alpha value is -2.95. The van der Waals surface area contributed by atoms with Gasteiger partial charge in [-0.05, 0) is 18.6 Å². The largest absolute Gasteiger partial charge is 0.366 e. The molecule has 0 fully saturated rings. The summed E-state index contributed by atoms with van der Waals surface area (Å²) in [6.45, 7) is 2.02. The van der Waals surface area contributed by atoms with E-state index < -0.39 is 11.5 Å². The second kappa shape index (κ2) is 5.44. The molecule has 3 aromatic rings. The average molecular weight is 293 g/mol. The number of nitrogens with zero attached hydrogens (tertiary/aromatic N) is 1. The van der Waals surface area contributed by atoms with Gasteiger partial charge in [0, 0.05) is 11.8 Å². The third kappa shape index (κ3) is 2.48. The minimum absolute atomic E-state index is 0.214. The molecule has 3 N–H and O–H groups in total. The van der Waals surface area contributed by atoms with Crippen LogP contribution in [-0.2, 0) is 6.42 Å². The van der Waals surface area contributed by atoms with Crippen LogP contribution in [0, 0.1) is 6.92 Å². The van der Waals surface area contributed by atoms with Crippen LogP contribution in [0.5, 0.6) is 0 Å². The van der Waals surface area contributed by atoms with Gasteiger partial charge in [0.2, 0.25) is 5.91 Å². The van der Waals surface area contributed by atoms with Gasteiger partial charge in [-0.15, -0.1) is 0 Å². The first-order valence-electron chi connectivity index (χ1n) is 6.92. The zero-order valence-corrected chi connectivity index (χ0v) is 12.1. The maximum absolute atomic E-state index is 12.0. The fourth-order valence-electron chi connectivity index (χ4n) is 2.63. The molecule has 2 aromatic carbocycles. The molecule has 0 bridgehead atoms. The van der Waals surface area contributed by atoms with Crippen LogP contribution in [-0.4, -0.2) is 16.1 Å². The standard InChI is InChI=1S/C17H15N3O2/c1-10-4-2-5-11(8-10)9-14-12-6-3-7-13(16(18)21)15(12)17(22)20-19-14/h2-8H,9H2,1H3,(H2,18,21)(H,20,22). The molecule has 0 spiro atoms. The van der Waals surface area contributed by atoms with E-state index in [-0.39, 0.29) is 5.56 Å². The van der Waals surface area contributed by atoms with E-state index in [4.69, 9.17) is 5.73 Å². The van der Waals surface area contributed by atoms with Crippen LogP contribution in [0.3, 0.4) is 0 Å². The third-order valence-electron chi connectivity index (χ3n) is 3.61. The number of rotatable bonds is 3. The molecule has 0 unspecified atom stereocenters. The fourth-order valence-corrected chi connectivity index (χ4v) is 2.63. The molecule has 0 aliphatic carbocycles. The van der Waals surface area contributed by atoms with Crippen molar-refractivity contribution in [2.75, 3.05) is 0 Å². The summed E-state index contributed by atoms with van der Waals surface area (Å²) in [6.07, 6.45) is 0.567. The van der Waals surface area contributed by atoms with E-state index in [0.717, 1.165) is 11.1 Å². The lowest BCUT2D eigenvalue weighted by molar-refractivity contribution is 0.100. The lowest BCUT2D eigenvalue weighted by atomic mass is 10.0. The molecule has 1 aromatic heterocycles. The molecule has 0 radical (unpaired) electrons. The number of primary amides is 1. The molecule has 1 heterocycles. The predicted octanol–water partition coefficient (Wildman–Crippen LogP) is 1.92. The highest BCUT2D eigenvalue weighted by atomic mass is 16.1. The molecule has 1 amide bonds. The van der Waals surface area contributed by atoms with Gasteiger partial charge in [-0.3, -0.25) is 9.59 Å². The lowest BCUT2D eigenvalue weighted by Crippen LogP contribution is -2.18. The Kier molecular flexibility index (Phi) is 3.47. The molecular formula is C17H15N3O2. The van der Waals surface area contributed by atoms with Crippen molar-refractivity contribution in [2.45, 2.75) is 13.3 Å². The van der Waals surface area contributed by atoms with Crippen LogP contribution in [0.15, 0.2) is 47.3 Å². The van der Waals surface area contributed by atoms with Crippen molar-refractivity contribution in [1.82, 2.24) is 10.2 Å². The summed E-state index contributed by atoms with van der Waals surface area (Å²) in [5, 5.41) is 7.55. The number of amides is 1. The van der Waals surface area contributed by atoms with E-state index in [1.165, 1.54) is 0 Å². The van der Waals surface area contributed by atoms with Crippen LogP contribution < -0.4 is 11.3 Å². The fraction of sp³-hybridized carbons (Fsp3) is 0.118. The molecule has 5 heteroatoms. The van der Waals surface area contributed by atoms with Gasteiger partial charge >= 0.3 is 0 Å². The third-order valence-corrected chi connectivity index (χ3v) is 3.61. The molecule has 0 aliphatic rings. The Morgan fingerprint density at radius 1 is 1.23 bits per heavy atom. The molecule has 110 valence electrons. The summed E-state index contributed by atoms with van der Waals surface area (Å²) in [6, 6.07) is 13.1. The molecule has 3 rings (SSSR count). The summed E-state index contributed by atoms with van der Waals surface area (Å²) >= 11 is 0. The number of nitrogens with one attached hydrogen (secondary N) is 1. The number of fused-ring (bicyclic) bond motifs is 1. The van der Waals surface area contributed by atoms with Gasteiger partial charge in [-0.2, -0.15) is 5.10 Å². The van der Waals surface area contributed by atoms with E-state index in [1.54, 1.807) is 18.2 Å².